The van der Waals surface area contributed by atoms with Gasteiger partial charge >= 0.3 is 0 Å². The van der Waals surface area contributed by atoms with Crippen LogP contribution in [0.25, 0.3) is 0 Å². The molecule has 0 bridgehead atoms. The molecule has 0 amide bonds. The highest BCUT2D eigenvalue weighted by molar-refractivity contribution is 5.46. The summed E-state index contributed by atoms with van der Waals surface area (Å²) >= 11 is 0. The second kappa shape index (κ2) is 5.03. The summed E-state index contributed by atoms with van der Waals surface area (Å²) in [4.78, 5) is 0. The quantitative estimate of drug-likeness (QED) is 0.731. The van der Waals surface area contributed by atoms with Gasteiger partial charge in [-0.1, -0.05) is 0 Å². The molecule has 82 valence electrons. The van der Waals surface area contributed by atoms with Gasteiger partial charge in [0.25, 0.3) is 0 Å². The smallest absolute Gasteiger partial charge is 0.115 e. The SMILES string of the molecule is Oc1ccc(NC2CCCOCC2)cc1. The second-order valence-corrected chi connectivity index (χ2v) is 3.93. The lowest BCUT2D eigenvalue weighted by atomic mass is 10.1. The molecule has 15 heavy (non-hydrogen) atoms. The van der Waals surface area contributed by atoms with E-state index in [0.717, 1.165) is 38.2 Å². The third-order valence-electron chi connectivity index (χ3n) is 2.69. The maximum Gasteiger partial charge on any atom is 0.115 e. The first kappa shape index (κ1) is 10.3. The molecule has 1 aliphatic rings. The Balaban J connectivity index is 1.92. The zero-order chi connectivity index (χ0) is 10.5. The molecule has 0 radical (unpaired) electrons. The van der Waals surface area contributed by atoms with Crippen molar-refractivity contribution in [2.45, 2.75) is 25.3 Å². The fraction of sp³-hybridized carbons (Fsp3) is 0.500. The molecule has 3 nitrogen and oxygen atoms in total. The van der Waals surface area contributed by atoms with Crippen LogP contribution in [0.3, 0.4) is 0 Å². The summed E-state index contributed by atoms with van der Waals surface area (Å²) in [5, 5.41) is 12.6. The van der Waals surface area contributed by atoms with Gasteiger partial charge in [-0.3, -0.25) is 0 Å². The van der Waals surface area contributed by atoms with Crippen LogP contribution in [0.5, 0.6) is 5.75 Å². The van der Waals surface area contributed by atoms with Gasteiger partial charge in [-0.05, 0) is 43.5 Å². The number of rotatable bonds is 2. The minimum Gasteiger partial charge on any atom is -0.508 e. The number of hydrogen-bond donors (Lipinski definition) is 2. The number of hydrogen-bond acceptors (Lipinski definition) is 3. The molecule has 0 aliphatic carbocycles. The Morgan fingerprint density at radius 2 is 1.93 bits per heavy atom. The minimum absolute atomic E-state index is 0.310. The van der Waals surface area contributed by atoms with Gasteiger partial charge in [-0.15, -0.1) is 0 Å². The predicted molar refractivity (Wildman–Crippen MR) is 60.2 cm³/mol. The monoisotopic (exact) mass is 207 g/mol. The number of ether oxygens (including phenoxy) is 1. The van der Waals surface area contributed by atoms with Crippen molar-refractivity contribution >= 4 is 5.69 Å². The first-order valence-electron chi connectivity index (χ1n) is 5.48. The molecule has 0 aromatic heterocycles. The lowest BCUT2D eigenvalue weighted by Gasteiger charge is -2.16. The molecule has 1 heterocycles. The van der Waals surface area contributed by atoms with E-state index in [0.29, 0.717) is 11.8 Å². The van der Waals surface area contributed by atoms with E-state index in [2.05, 4.69) is 5.32 Å². The molecule has 1 fully saturated rings. The van der Waals surface area contributed by atoms with E-state index in [-0.39, 0.29) is 0 Å². The van der Waals surface area contributed by atoms with Crippen LogP contribution in [-0.2, 0) is 4.74 Å². The van der Waals surface area contributed by atoms with Crippen LogP contribution in [0.2, 0.25) is 0 Å². The van der Waals surface area contributed by atoms with Gasteiger partial charge in [0, 0.05) is 24.9 Å². The molecular weight excluding hydrogens is 190 g/mol. The Morgan fingerprint density at radius 3 is 2.73 bits per heavy atom. The summed E-state index contributed by atoms with van der Waals surface area (Å²) in [5.41, 5.74) is 1.07. The van der Waals surface area contributed by atoms with Gasteiger partial charge in [0.05, 0.1) is 0 Å². The fourth-order valence-corrected chi connectivity index (χ4v) is 1.84. The first-order chi connectivity index (χ1) is 7.34. The predicted octanol–water partition coefficient (Wildman–Crippen LogP) is 2.37. The molecule has 1 aromatic rings. The van der Waals surface area contributed by atoms with Crippen molar-refractivity contribution in [2.75, 3.05) is 18.5 Å². The van der Waals surface area contributed by atoms with Crippen LogP contribution in [0.15, 0.2) is 24.3 Å². The van der Waals surface area contributed by atoms with Gasteiger partial charge in [0.1, 0.15) is 5.75 Å². The topological polar surface area (TPSA) is 41.5 Å². The van der Waals surface area contributed by atoms with Crippen molar-refractivity contribution in [2.24, 2.45) is 0 Å². The van der Waals surface area contributed by atoms with Crippen molar-refractivity contribution < 1.29 is 9.84 Å². The summed E-state index contributed by atoms with van der Waals surface area (Å²) in [6.45, 7) is 1.73. The number of aromatic hydroxyl groups is 1. The van der Waals surface area contributed by atoms with Crippen molar-refractivity contribution in [1.82, 2.24) is 0 Å². The Bertz CT molecular complexity index is 289. The molecule has 3 heteroatoms. The van der Waals surface area contributed by atoms with Gasteiger partial charge < -0.3 is 15.2 Å². The molecule has 1 unspecified atom stereocenters. The molecule has 2 rings (SSSR count). The van der Waals surface area contributed by atoms with Gasteiger partial charge in [0.2, 0.25) is 0 Å². The Hall–Kier alpha value is -1.22. The highest BCUT2D eigenvalue weighted by Crippen LogP contribution is 2.18. The van der Waals surface area contributed by atoms with Crippen molar-refractivity contribution in [3.05, 3.63) is 24.3 Å². The third-order valence-corrected chi connectivity index (χ3v) is 2.69. The summed E-state index contributed by atoms with van der Waals surface area (Å²) in [5.74, 6) is 0.310. The lowest BCUT2D eigenvalue weighted by Crippen LogP contribution is -2.19. The summed E-state index contributed by atoms with van der Waals surface area (Å²) in [6, 6.07) is 7.71. The standard InChI is InChI=1S/C12H17NO2/c14-12-5-3-11(4-6-12)13-10-2-1-8-15-9-7-10/h3-6,10,13-14H,1-2,7-9H2. The molecule has 1 saturated heterocycles. The van der Waals surface area contributed by atoms with Crippen LogP contribution in [-0.4, -0.2) is 24.4 Å². The number of phenols is 1. The number of anilines is 1. The first-order valence-corrected chi connectivity index (χ1v) is 5.48. The van der Waals surface area contributed by atoms with E-state index < -0.39 is 0 Å². The Kier molecular flexibility index (Phi) is 3.45. The van der Waals surface area contributed by atoms with E-state index in [1.807, 2.05) is 12.1 Å². The summed E-state index contributed by atoms with van der Waals surface area (Å²) < 4.78 is 5.40. The van der Waals surface area contributed by atoms with E-state index in [1.54, 1.807) is 12.1 Å². The zero-order valence-corrected chi connectivity index (χ0v) is 8.78. The van der Waals surface area contributed by atoms with Gasteiger partial charge in [-0.25, -0.2) is 0 Å². The minimum atomic E-state index is 0.310. The van der Waals surface area contributed by atoms with Crippen LogP contribution in [0, 0.1) is 0 Å². The number of nitrogens with one attached hydrogen (secondary N) is 1. The summed E-state index contributed by atoms with van der Waals surface area (Å²) in [6.07, 6.45) is 3.33. The van der Waals surface area contributed by atoms with Gasteiger partial charge in [-0.2, -0.15) is 0 Å². The van der Waals surface area contributed by atoms with E-state index in [9.17, 15) is 0 Å². The van der Waals surface area contributed by atoms with Crippen LogP contribution < -0.4 is 5.32 Å². The molecular formula is C12H17NO2. The van der Waals surface area contributed by atoms with Crippen molar-refractivity contribution in [3.8, 4) is 5.75 Å². The average molecular weight is 207 g/mol. The highest BCUT2D eigenvalue weighted by atomic mass is 16.5. The van der Waals surface area contributed by atoms with E-state index in [1.165, 1.54) is 0 Å². The molecule has 1 aromatic carbocycles. The maximum atomic E-state index is 9.16. The fourth-order valence-electron chi connectivity index (χ4n) is 1.84. The number of phenolic OH excluding ortho intramolecular Hbond substituents is 1. The second-order valence-electron chi connectivity index (χ2n) is 3.93. The van der Waals surface area contributed by atoms with Crippen molar-refractivity contribution in [3.63, 3.8) is 0 Å². The zero-order valence-electron chi connectivity index (χ0n) is 8.78. The van der Waals surface area contributed by atoms with Crippen LogP contribution in [0.1, 0.15) is 19.3 Å². The largest absolute Gasteiger partial charge is 0.508 e. The van der Waals surface area contributed by atoms with E-state index in [4.69, 9.17) is 9.84 Å². The van der Waals surface area contributed by atoms with Crippen LogP contribution >= 0.6 is 0 Å². The van der Waals surface area contributed by atoms with Gasteiger partial charge in [0.15, 0.2) is 0 Å². The Morgan fingerprint density at radius 1 is 1.13 bits per heavy atom. The Labute approximate surface area is 90.1 Å². The summed E-state index contributed by atoms with van der Waals surface area (Å²) in [7, 11) is 0. The van der Waals surface area contributed by atoms with Crippen LogP contribution in [0.4, 0.5) is 5.69 Å². The molecule has 0 spiro atoms. The maximum absolute atomic E-state index is 9.16. The molecule has 0 saturated carbocycles. The highest BCUT2D eigenvalue weighted by Gasteiger charge is 2.11. The number of benzene rings is 1. The lowest BCUT2D eigenvalue weighted by molar-refractivity contribution is 0.144. The molecule has 2 N–H and O–H groups in total. The van der Waals surface area contributed by atoms with E-state index >= 15 is 0 Å². The third kappa shape index (κ3) is 3.13. The molecule has 1 aliphatic heterocycles. The molecule has 1 atom stereocenters. The van der Waals surface area contributed by atoms with Crippen molar-refractivity contribution in [1.29, 1.82) is 0 Å². The average Bonchev–Trinajstić information content (AvgIpc) is 2.50. The normalized spacial score (nSPS) is 22.0.